The normalized spacial score (nSPS) is 11.8. The molecular weight excluding hydrogens is 521 g/mol. The lowest BCUT2D eigenvalue weighted by Gasteiger charge is -2.15. The predicted molar refractivity (Wildman–Crippen MR) is 146 cm³/mol. The van der Waals surface area contributed by atoms with Crippen LogP contribution in [0.25, 0.3) is 22.6 Å². The number of fused-ring (bicyclic) bond motifs is 1. The SMILES string of the molecule is C/C=C/C(=O)Cc1ccc(Nc2nc3cc(Oc4ccnc(-c5ncc(C)[nH]5)c4)ccc3n2C)cc1C(F)(F)F. The maximum Gasteiger partial charge on any atom is 0.416 e. The zero-order valence-electron chi connectivity index (χ0n) is 21.9. The number of halogens is 3. The maximum atomic E-state index is 13.8. The summed E-state index contributed by atoms with van der Waals surface area (Å²) in [4.78, 5) is 28.3. The molecule has 0 aliphatic heterocycles. The van der Waals surface area contributed by atoms with Gasteiger partial charge in [0.1, 0.15) is 17.2 Å². The van der Waals surface area contributed by atoms with Crippen LogP contribution in [0.2, 0.25) is 0 Å². The van der Waals surface area contributed by atoms with Crippen molar-refractivity contribution < 1.29 is 22.7 Å². The molecule has 8 nitrogen and oxygen atoms in total. The van der Waals surface area contributed by atoms with Gasteiger partial charge in [0.2, 0.25) is 5.95 Å². The van der Waals surface area contributed by atoms with E-state index in [9.17, 15) is 18.0 Å². The van der Waals surface area contributed by atoms with Crippen LogP contribution in [-0.4, -0.2) is 30.3 Å². The van der Waals surface area contributed by atoms with Gasteiger partial charge in [0, 0.05) is 49.4 Å². The Kier molecular flexibility index (Phi) is 7.12. The van der Waals surface area contributed by atoms with Crippen LogP contribution in [0.1, 0.15) is 23.7 Å². The topological polar surface area (TPSA) is 97.7 Å². The van der Waals surface area contributed by atoms with Crippen molar-refractivity contribution in [1.29, 1.82) is 0 Å². The Bertz CT molecular complexity index is 1740. The van der Waals surface area contributed by atoms with Crippen molar-refractivity contribution in [1.82, 2.24) is 24.5 Å². The third-order valence-electron chi connectivity index (χ3n) is 6.15. The van der Waals surface area contributed by atoms with Crippen molar-refractivity contribution in [2.24, 2.45) is 7.05 Å². The lowest BCUT2D eigenvalue weighted by molar-refractivity contribution is -0.138. The van der Waals surface area contributed by atoms with E-state index in [4.69, 9.17) is 4.74 Å². The number of anilines is 2. The van der Waals surface area contributed by atoms with Gasteiger partial charge in [-0.3, -0.25) is 9.78 Å². The van der Waals surface area contributed by atoms with E-state index < -0.39 is 17.5 Å². The van der Waals surface area contributed by atoms with E-state index in [0.29, 0.717) is 34.5 Å². The molecule has 2 N–H and O–H groups in total. The second-order valence-electron chi connectivity index (χ2n) is 9.18. The summed E-state index contributed by atoms with van der Waals surface area (Å²) in [5.41, 5.74) is 2.12. The van der Waals surface area contributed by atoms with Gasteiger partial charge in [-0.1, -0.05) is 12.1 Å². The van der Waals surface area contributed by atoms with Gasteiger partial charge in [0.25, 0.3) is 0 Å². The number of allylic oxidation sites excluding steroid dienone is 2. The molecule has 5 rings (SSSR count). The van der Waals surface area contributed by atoms with Crippen LogP contribution in [-0.2, 0) is 24.4 Å². The molecule has 11 heteroatoms. The van der Waals surface area contributed by atoms with Crippen LogP contribution in [0.15, 0.2) is 73.1 Å². The van der Waals surface area contributed by atoms with Crippen LogP contribution in [0.5, 0.6) is 11.5 Å². The van der Waals surface area contributed by atoms with Gasteiger partial charge in [-0.25, -0.2) is 9.97 Å². The molecule has 40 heavy (non-hydrogen) atoms. The molecule has 3 heterocycles. The van der Waals surface area contributed by atoms with Gasteiger partial charge in [-0.15, -0.1) is 0 Å². The average molecular weight is 547 g/mol. The predicted octanol–water partition coefficient (Wildman–Crippen LogP) is 6.91. The number of ketones is 1. The van der Waals surface area contributed by atoms with Gasteiger partial charge in [0.15, 0.2) is 11.6 Å². The first kappa shape index (κ1) is 26.7. The quantitative estimate of drug-likeness (QED) is 0.205. The number of carbonyl (C=O) groups is 1. The van der Waals surface area contributed by atoms with E-state index in [1.165, 1.54) is 24.3 Å². The third-order valence-corrected chi connectivity index (χ3v) is 6.15. The smallest absolute Gasteiger partial charge is 0.416 e. The van der Waals surface area contributed by atoms with E-state index in [-0.39, 0.29) is 17.7 Å². The number of aryl methyl sites for hydroxylation is 2. The van der Waals surface area contributed by atoms with Crippen molar-refractivity contribution in [3.05, 3.63) is 89.9 Å². The third kappa shape index (κ3) is 5.73. The van der Waals surface area contributed by atoms with Crippen LogP contribution >= 0.6 is 0 Å². The summed E-state index contributed by atoms with van der Waals surface area (Å²) in [6.45, 7) is 3.54. The molecule has 0 aliphatic rings. The number of hydrogen-bond acceptors (Lipinski definition) is 6. The number of ether oxygens (including phenoxy) is 1. The second-order valence-corrected chi connectivity index (χ2v) is 9.18. The largest absolute Gasteiger partial charge is 0.457 e. The number of aromatic nitrogens is 5. The number of nitrogens with zero attached hydrogens (tertiary/aromatic N) is 4. The van der Waals surface area contributed by atoms with Crippen molar-refractivity contribution in [2.45, 2.75) is 26.4 Å². The summed E-state index contributed by atoms with van der Waals surface area (Å²) in [6.07, 6.45) is 1.15. The molecule has 0 aliphatic carbocycles. The fraction of sp³-hybridized carbons (Fsp3) is 0.172. The molecule has 0 unspecified atom stereocenters. The highest BCUT2D eigenvalue weighted by Crippen LogP contribution is 2.35. The lowest BCUT2D eigenvalue weighted by atomic mass is 10.0. The van der Waals surface area contributed by atoms with Crippen LogP contribution < -0.4 is 10.1 Å². The van der Waals surface area contributed by atoms with Crippen molar-refractivity contribution in [2.75, 3.05) is 5.32 Å². The van der Waals surface area contributed by atoms with Crippen LogP contribution in [0.4, 0.5) is 24.8 Å². The van der Waals surface area contributed by atoms with E-state index in [1.54, 1.807) is 55.2 Å². The minimum absolute atomic E-state index is 0.0885. The Balaban J connectivity index is 1.39. The highest BCUT2D eigenvalue weighted by Gasteiger charge is 2.34. The molecule has 0 radical (unpaired) electrons. The standard InChI is InChI=1S/C29H25F3N6O2/c1-4-5-20(39)12-18-6-7-19(13-23(18)29(30,31)32)36-28-37-24-14-21(8-9-26(24)38(28)3)40-22-10-11-33-25(15-22)27-34-16-17(2)35-27/h4-11,13-16H,12H2,1-3H3,(H,34,35)(H,36,37)/b5-4+. The van der Waals surface area contributed by atoms with Gasteiger partial charge in [-0.2, -0.15) is 13.2 Å². The minimum atomic E-state index is -4.62. The molecule has 2 aromatic carbocycles. The Morgan fingerprint density at radius 2 is 1.90 bits per heavy atom. The van der Waals surface area contributed by atoms with E-state index >= 15 is 0 Å². The maximum absolute atomic E-state index is 13.8. The van der Waals surface area contributed by atoms with Crippen LogP contribution in [0, 0.1) is 6.92 Å². The number of hydrogen-bond donors (Lipinski definition) is 2. The molecule has 0 amide bonds. The summed E-state index contributed by atoms with van der Waals surface area (Å²) in [5, 5.41) is 2.97. The number of imidazole rings is 2. The summed E-state index contributed by atoms with van der Waals surface area (Å²) in [5.74, 6) is 1.66. The molecule has 204 valence electrons. The number of rotatable bonds is 8. The van der Waals surface area contributed by atoms with Gasteiger partial charge in [-0.05, 0) is 55.8 Å². The Labute approximate surface area is 227 Å². The second kappa shape index (κ2) is 10.7. The number of H-pyrrole nitrogens is 1. The first-order chi connectivity index (χ1) is 19.1. The highest BCUT2D eigenvalue weighted by molar-refractivity contribution is 5.91. The van der Waals surface area contributed by atoms with E-state index in [0.717, 1.165) is 17.3 Å². The summed E-state index contributed by atoms with van der Waals surface area (Å²) < 4.78 is 49.2. The molecule has 5 aromatic rings. The van der Waals surface area contributed by atoms with Gasteiger partial charge < -0.3 is 19.6 Å². The summed E-state index contributed by atoms with van der Waals surface area (Å²) >= 11 is 0. The van der Waals surface area contributed by atoms with Gasteiger partial charge >= 0.3 is 6.18 Å². The molecule has 0 saturated carbocycles. The first-order valence-corrected chi connectivity index (χ1v) is 12.4. The highest BCUT2D eigenvalue weighted by atomic mass is 19.4. The lowest BCUT2D eigenvalue weighted by Crippen LogP contribution is -2.12. The minimum Gasteiger partial charge on any atom is -0.457 e. The Morgan fingerprint density at radius 1 is 1.10 bits per heavy atom. The number of carbonyl (C=O) groups excluding carboxylic acids is 1. The van der Waals surface area contributed by atoms with Crippen molar-refractivity contribution in [3.8, 4) is 23.0 Å². The van der Waals surface area contributed by atoms with E-state index in [1.807, 2.05) is 13.0 Å². The molecule has 3 aromatic heterocycles. The van der Waals surface area contributed by atoms with Crippen molar-refractivity contribution >= 4 is 28.5 Å². The molecule has 0 spiro atoms. The van der Waals surface area contributed by atoms with Crippen LogP contribution in [0.3, 0.4) is 0 Å². The first-order valence-electron chi connectivity index (χ1n) is 12.4. The Morgan fingerprint density at radius 3 is 2.62 bits per heavy atom. The monoisotopic (exact) mass is 546 g/mol. The zero-order valence-corrected chi connectivity index (χ0v) is 21.9. The number of pyridine rings is 1. The number of aromatic amines is 1. The van der Waals surface area contributed by atoms with Crippen molar-refractivity contribution in [3.63, 3.8) is 0 Å². The molecule has 0 saturated heterocycles. The summed E-state index contributed by atoms with van der Waals surface area (Å²) in [7, 11) is 1.76. The number of benzene rings is 2. The molecular formula is C29H25F3N6O2. The Hall–Kier alpha value is -4.93. The molecule has 0 atom stereocenters. The van der Waals surface area contributed by atoms with Gasteiger partial charge in [0.05, 0.1) is 16.6 Å². The molecule has 0 fully saturated rings. The fourth-order valence-electron chi connectivity index (χ4n) is 4.27. The zero-order chi connectivity index (χ0) is 28.4. The summed E-state index contributed by atoms with van der Waals surface area (Å²) in [6, 6.07) is 12.6. The van der Waals surface area contributed by atoms with E-state index in [2.05, 4.69) is 25.3 Å². The number of nitrogens with one attached hydrogen (secondary N) is 2. The average Bonchev–Trinajstić information content (AvgIpc) is 3.47. The fourth-order valence-corrected chi connectivity index (χ4v) is 4.27. The molecule has 0 bridgehead atoms. The number of alkyl halides is 3.